The van der Waals surface area contributed by atoms with Crippen molar-refractivity contribution in [3.05, 3.63) is 93.0 Å². The first kappa shape index (κ1) is 22.9. The van der Waals surface area contributed by atoms with Crippen molar-refractivity contribution in [2.24, 2.45) is 0 Å². The topological polar surface area (TPSA) is 97.4 Å². The van der Waals surface area contributed by atoms with Crippen LogP contribution in [0.1, 0.15) is 34.3 Å². The minimum absolute atomic E-state index is 0.0123. The number of benzene rings is 2. The molecule has 1 aliphatic carbocycles. The van der Waals surface area contributed by atoms with Gasteiger partial charge in [-0.25, -0.2) is 14.6 Å². The third-order valence-electron chi connectivity index (χ3n) is 6.50. The van der Waals surface area contributed by atoms with Crippen molar-refractivity contribution in [1.29, 1.82) is 0 Å². The predicted molar refractivity (Wildman–Crippen MR) is 132 cm³/mol. The molecule has 1 aliphatic rings. The standard InChI is InChI=1S/C26H23ClN4O4/c1-29(2)22(32)12-16-6-8-20(9-7-16)30-21-14-19(27)15-28-23(21)31(25(30)35)26(10-11-26)18-5-3-4-17(13-18)24(33)34/h3-9,13-15H,10-12H2,1-2H3,(H,33,34). The molecule has 2 aromatic carbocycles. The predicted octanol–water partition coefficient (Wildman–Crippen LogP) is 3.71. The fourth-order valence-corrected chi connectivity index (χ4v) is 4.64. The Bertz CT molecular complexity index is 1530. The Morgan fingerprint density at radius 2 is 1.83 bits per heavy atom. The first-order chi connectivity index (χ1) is 16.7. The molecule has 2 aromatic heterocycles. The smallest absolute Gasteiger partial charge is 0.335 e. The quantitative estimate of drug-likeness (QED) is 0.444. The normalized spacial score (nSPS) is 14.1. The number of aromatic carboxylic acids is 1. The molecule has 5 rings (SSSR count). The highest BCUT2D eigenvalue weighted by atomic mass is 35.5. The van der Waals surface area contributed by atoms with Gasteiger partial charge in [0.05, 0.1) is 33.7 Å². The van der Waals surface area contributed by atoms with E-state index in [4.69, 9.17) is 11.6 Å². The van der Waals surface area contributed by atoms with Crippen molar-refractivity contribution >= 4 is 34.6 Å². The van der Waals surface area contributed by atoms with Gasteiger partial charge in [-0.05, 0) is 54.3 Å². The van der Waals surface area contributed by atoms with Crippen LogP contribution in [-0.2, 0) is 16.8 Å². The molecular weight excluding hydrogens is 468 g/mol. The van der Waals surface area contributed by atoms with Crippen molar-refractivity contribution < 1.29 is 14.7 Å². The Kier molecular flexibility index (Phi) is 5.48. The number of carbonyl (C=O) groups is 2. The van der Waals surface area contributed by atoms with E-state index in [0.717, 1.165) is 11.1 Å². The van der Waals surface area contributed by atoms with Crippen LogP contribution < -0.4 is 5.69 Å². The zero-order valence-electron chi connectivity index (χ0n) is 19.2. The van der Waals surface area contributed by atoms with Crippen molar-refractivity contribution in [1.82, 2.24) is 19.0 Å². The number of nitrogens with zero attached hydrogens (tertiary/aromatic N) is 4. The van der Waals surface area contributed by atoms with Gasteiger partial charge in [-0.15, -0.1) is 0 Å². The second kappa shape index (κ2) is 8.39. The highest BCUT2D eigenvalue weighted by Crippen LogP contribution is 2.50. The van der Waals surface area contributed by atoms with E-state index in [0.29, 0.717) is 34.7 Å². The number of rotatable bonds is 6. The molecule has 1 amide bonds. The SMILES string of the molecule is CN(C)C(=O)Cc1ccc(-n2c(=O)n(C3(c4cccc(C(=O)O)c4)CC3)c3ncc(Cl)cc32)cc1. The molecule has 0 radical (unpaired) electrons. The van der Waals surface area contributed by atoms with E-state index in [2.05, 4.69) is 4.98 Å². The van der Waals surface area contributed by atoms with Crippen LogP contribution in [0.5, 0.6) is 0 Å². The van der Waals surface area contributed by atoms with Crippen molar-refractivity contribution in [3.63, 3.8) is 0 Å². The minimum atomic E-state index is -1.02. The second-order valence-electron chi connectivity index (χ2n) is 9.00. The van der Waals surface area contributed by atoms with Gasteiger partial charge in [0.15, 0.2) is 5.65 Å². The molecule has 35 heavy (non-hydrogen) atoms. The lowest BCUT2D eigenvalue weighted by Gasteiger charge is -2.18. The van der Waals surface area contributed by atoms with Gasteiger partial charge in [0.25, 0.3) is 0 Å². The van der Waals surface area contributed by atoms with E-state index in [1.807, 2.05) is 18.2 Å². The number of carboxylic acid groups (broad SMARTS) is 1. The van der Waals surface area contributed by atoms with Gasteiger partial charge < -0.3 is 10.0 Å². The molecule has 0 unspecified atom stereocenters. The van der Waals surface area contributed by atoms with Crippen molar-refractivity contribution in [2.45, 2.75) is 24.8 Å². The van der Waals surface area contributed by atoms with Gasteiger partial charge in [-0.3, -0.25) is 13.9 Å². The Morgan fingerprint density at radius 3 is 2.46 bits per heavy atom. The van der Waals surface area contributed by atoms with Crippen LogP contribution in [-0.4, -0.2) is 50.1 Å². The number of likely N-dealkylation sites (N-methyl/N-ethyl adjacent to an activating group) is 1. The third kappa shape index (κ3) is 3.89. The summed E-state index contributed by atoms with van der Waals surface area (Å²) >= 11 is 6.26. The van der Waals surface area contributed by atoms with Crippen LogP contribution in [0.15, 0.2) is 65.6 Å². The summed E-state index contributed by atoms with van der Waals surface area (Å²) in [5.41, 5.74) is 2.46. The Labute approximate surface area is 206 Å². The molecular formula is C26H23ClN4O4. The maximum atomic E-state index is 13.9. The molecule has 4 aromatic rings. The summed E-state index contributed by atoms with van der Waals surface area (Å²) < 4.78 is 3.22. The molecule has 8 nitrogen and oxygen atoms in total. The molecule has 0 spiro atoms. The molecule has 178 valence electrons. The first-order valence-corrected chi connectivity index (χ1v) is 11.5. The first-order valence-electron chi connectivity index (χ1n) is 11.1. The molecule has 1 N–H and O–H groups in total. The fourth-order valence-electron chi connectivity index (χ4n) is 4.48. The van der Waals surface area contributed by atoms with E-state index >= 15 is 0 Å². The van der Waals surface area contributed by atoms with Crippen molar-refractivity contribution in [2.75, 3.05) is 14.1 Å². The largest absolute Gasteiger partial charge is 0.478 e. The highest BCUT2D eigenvalue weighted by Gasteiger charge is 2.49. The van der Waals surface area contributed by atoms with Gasteiger partial charge in [0, 0.05) is 20.3 Å². The van der Waals surface area contributed by atoms with Crippen molar-refractivity contribution in [3.8, 4) is 5.69 Å². The number of aromatic nitrogens is 3. The lowest BCUT2D eigenvalue weighted by molar-refractivity contribution is -0.127. The molecule has 1 fully saturated rings. The van der Waals surface area contributed by atoms with Crippen LogP contribution >= 0.6 is 11.6 Å². The Balaban J connectivity index is 1.66. The third-order valence-corrected chi connectivity index (χ3v) is 6.70. The summed E-state index contributed by atoms with van der Waals surface area (Å²) in [6.07, 6.45) is 3.14. The average Bonchev–Trinajstić information content (AvgIpc) is 3.58. The van der Waals surface area contributed by atoms with Gasteiger partial charge in [-0.1, -0.05) is 35.9 Å². The molecule has 0 aliphatic heterocycles. The summed E-state index contributed by atoms with van der Waals surface area (Å²) in [4.78, 5) is 43.5. The molecule has 9 heteroatoms. The Hall–Kier alpha value is -3.91. The van der Waals surface area contributed by atoms with Crippen LogP contribution in [0.2, 0.25) is 5.02 Å². The second-order valence-corrected chi connectivity index (χ2v) is 9.44. The summed E-state index contributed by atoms with van der Waals surface area (Å²) in [6.45, 7) is 0. The minimum Gasteiger partial charge on any atom is -0.478 e. The number of hydrogen-bond acceptors (Lipinski definition) is 4. The average molecular weight is 491 g/mol. The van der Waals surface area contributed by atoms with Gasteiger partial charge in [0.1, 0.15) is 0 Å². The maximum absolute atomic E-state index is 13.9. The van der Waals surface area contributed by atoms with Crippen LogP contribution in [0.25, 0.3) is 16.9 Å². The Morgan fingerprint density at radius 1 is 1.11 bits per heavy atom. The van der Waals surface area contributed by atoms with Gasteiger partial charge in [-0.2, -0.15) is 0 Å². The van der Waals surface area contributed by atoms with E-state index < -0.39 is 11.5 Å². The van der Waals surface area contributed by atoms with E-state index in [1.165, 1.54) is 17.2 Å². The summed E-state index contributed by atoms with van der Waals surface area (Å²) in [6, 6.07) is 15.7. The lowest BCUT2D eigenvalue weighted by Crippen LogP contribution is -2.32. The molecule has 2 heterocycles. The number of carboxylic acids is 1. The van der Waals surface area contributed by atoms with Gasteiger partial charge in [0.2, 0.25) is 5.91 Å². The zero-order chi connectivity index (χ0) is 24.9. The number of halogens is 1. The number of amides is 1. The van der Waals surface area contributed by atoms with E-state index in [1.54, 1.807) is 53.6 Å². The monoisotopic (exact) mass is 490 g/mol. The zero-order valence-corrected chi connectivity index (χ0v) is 20.0. The lowest BCUT2D eigenvalue weighted by atomic mass is 10.0. The van der Waals surface area contributed by atoms with E-state index in [-0.39, 0.29) is 23.6 Å². The van der Waals surface area contributed by atoms with Crippen LogP contribution in [0.3, 0.4) is 0 Å². The number of imidazole rings is 1. The molecule has 0 atom stereocenters. The molecule has 0 bridgehead atoms. The maximum Gasteiger partial charge on any atom is 0.335 e. The van der Waals surface area contributed by atoms with Gasteiger partial charge >= 0.3 is 11.7 Å². The summed E-state index contributed by atoms with van der Waals surface area (Å²) in [5, 5.41) is 9.86. The fraction of sp³-hybridized carbons (Fsp3) is 0.231. The summed E-state index contributed by atoms with van der Waals surface area (Å²) in [5.74, 6) is -1.03. The number of pyridine rings is 1. The van der Waals surface area contributed by atoms with Crippen LogP contribution in [0.4, 0.5) is 0 Å². The van der Waals surface area contributed by atoms with Crippen LogP contribution in [0, 0.1) is 0 Å². The number of hydrogen-bond donors (Lipinski definition) is 1. The summed E-state index contributed by atoms with van der Waals surface area (Å²) in [7, 11) is 3.42. The number of carbonyl (C=O) groups excluding carboxylic acids is 1. The highest BCUT2D eigenvalue weighted by molar-refractivity contribution is 6.31. The number of fused-ring (bicyclic) bond motifs is 1. The molecule has 1 saturated carbocycles. The molecule has 0 saturated heterocycles. The van der Waals surface area contributed by atoms with E-state index in [9.17, 15) is 19.5 Å².